The number of aromatic amines is 1. The summed E-state index contributed by atoms with van der Waals surface area (Å²) in [7, 11) is 0. The number of amides is 1. The number of nitrogens with one attached hydrogen (secondary N) is 2. The molecule has 2 aromatic heterocycles. The maximum absolute atomic E-state index is 13.7. The van der Waals surface area contributed by atoms with Crippen LogP contribution >= 0.6 is 0 Å². The third kappa shape index (κ3) is 2.61. The molecule has 1 atom stereocenters. The summed E-state index contributed by atoms with van der Waals surface area (Å²) in [6.45, 7) is 1.68. The largest absolute Gasteiger partial charge is 0.434 e. The molecular weight excluding hydrogens is 343 g/mol. The van der Waals surface area contributed by atoms with Crippen molar-refractivity contribution in [3.8, 4) is 11.5 Å². The topological polar surface area (TPSA) is 140 Å². The Morgan fingerprint density at radius 3 is 2.85 bits per heavy atom. The molecule has 1 aromatic carbocycles. The van der Waals surface area contributed by atoms with Crippen LogP contribution in [0.2, 0.25) is 0 Å². The molecule has 1 unspecified atom stereocenters. The molecule has 10 heteroatoms. The first kappa shape index (κ1) is 15.9. The summed E-state index contributed by atoms with van der Waals surface area (Å²) < 4.78 is 18.7. The Hall–Kier alpha value is -3.56. The lowest BCUT2D eigenvalue weighted by atomic mass is 9.91. The van der Waals surface area contributed by atoms with Gasteiger partial charge >= 0.3 is 5.76 Å². The number of fused-ring (bicyclic) bond motifs is 1. The number of anilines is 1. The first-order valence-electron chi connectivity index (χ1n) is 7.71. The molecule has 0 aliphatic carbocycles. The number of hydrogen-bond donors (Lipinski definition) is 3. The van der Waals surface area contributed by atoms with Crippen LogP contribution in [0.5, 0.6) is 0 Å². The lowest BCUT2D eigenvalue weighted by molar-refractivity contribution is 0.0922. The molecule has 0 radical (unpaired) electrons. The zero-order chi connectivity index (χ0) is 18.4. The van der Waals surface area contributed by atoms with Gasteiger partial charge in [0, 0.05) is 12.0 Å². The number of H-pyrrole nitrogens is 1. The van der Waals surface area contributed by atoms with E-state index in [-0.39, 0.29) is 23.3 Å². The Morgan fingerprint density at radius 2 is 2.12 bits per heavy atom. The second-order valence-corrected chi connectivity index (χ2v) is 5.87. The van der Waals surface area contributed by atoms with Crippen molar-refractivity contribution < 1.29 is 13.6 Å². The summed E-state index contributed by atoms with van der Waals surface area (Å²) in [5.41, 5.74) is 7.86. The molecule has 1 aliphatic heterocycles. The number of benzene rings is 1. The van der Waals surface area contributed by atoms with Crippen LogP contribution in [0.4, 0.5) is 10.3 Å². The smallest absolute Gasteiger partial charge is 0.388 e. The zero-order valence-corrected chi connectivity index (χ0v) is 13.5. The Kier molecular flexibility index (Phi) is 3.53. The fourth-order valence-electron chi connectivity index (χ4n) is 3.12. The first-order valence-corrected chi connectivity index (χ1v) is 7.71. The number of aromatic nitrogens is 4. The zero-order valence-electron chi connectivity index (χ0n) is 13.5. The molecule has 9 nitrogen and oxygen atoms in total. The summed E-state index contributed by atoms with van der Waals surface area (Å²) >= 11 is 0. The Morgan fingerprint density at radius 1 is 1.31 bits per heavy atom. The van der Waals surface area contributed by atoms with Gasteiger partial charge in [0.05, 0.1) is 23.0 Å². The molecule has 0 bridgehead atoms. The van der Waals surface area contributed by atoms with Crippen molar-refractivity contribution in [2.45, 2.75) is 19.4 Å². The van der Waals surface area contributed by atoms with Crippen molar-refractivity contribution in [3.05, 3.63) is 57.1 Å². The third-order valence-corrected chi connectivity index (χ3v) is 4.17. The van der Waals surface area contributed by atoms with Crippen molar-refractivity contribution in [2.75, 3.05) is 5.73 Å². The molecule has 0 spiro atoms. The lowest BCUT2D eigenvalue weighted by Gasteiger charge is -2.27. The highest BCUT2D eigenvalue weighted by Crippen LogP contribution is 2.32. The average molecular weight is 356 g/mol. The average Bonchev–Trinajstić information content (AvgIpc) is 3.00. The highest BCUT2D eigenvalue weighted by molar-refractivity contribution is 5.98. The molecule has 4 N–H and O–H groups in total. The molecule has 132 valence electrons. The monoisotopic (exact) mass is 356 g/mol. The molecule has 1 aliphatic rings. The fourth-order valence-corrected chi connectivity index (χ4v) is 3.12. The Balaban J connectivity index is 1.82. The van der Waals surface area contributed by atoms with Gasteiger partial charge in [-0.25, -0.2) is 24.3 Å². The van der Waals surface area contributed by atoms with Crippen LogP contribution in [0.25, 0.3) is 11.5 Å². The van der Waals surface area contributed by atoms with Crippen LogP contribution in [0.3, 0.4) is 0 Å². The fraction of sp³-hybridized carbons (Fsp3) is 0.188. The number of nitrogens with zero attached hydrogens (tertiary/aromatic N) is 3. The van der Waals surface area contributed by atoms with E-state index in [0.29, 0.717) is 28.9 Å². The van der Waals surface area contributed by atoms with E-state index >= 15 is 0 Å². The Bertz CT molecular complexity index is 1090. The van der Waals surface area contributed by atoms with Crippen molar-refractivity contribution >= 4 is 11.9 Å². The van der Waals surface area contributed by atoms with Crippen molar-refractivity contribution in [1.29, 1.82) is 0 Å². The minimum Gasteiger partial charge on any atom is -0.388 e. The molecule has 3 heterocycles. The summed E-state index contributed by atoms with van der Waals surface area (Å²) in [5.74, 6) is -1.63. The number of carbonyl (C=O) groups excluding carboxylic acids is 1. The van der Waals surface area contributed by atoms with E-state index in [9.17, 15) is 14.0 Å². The van der Waals surface area contributed by atoms with Gasteiger partial charge in [0.1, 0.15) is 5.82 Å². The van der Waals surface area contributed by atoms with Gasteiger partial charge in [0.15, 0.2) is 0 Å². The van der Waals surface area contributed by atoms with Gasteiger partial charge in [-0.2, -0.15) is 0 Å². The van der Waals surface area contributed by atoms with Gasteiger partial charge in [-0.3, -0.25) is 4.79 Å². The summed E-state index contributed by atoms with van der Waals surface area (Å²) in [5, 5.41) is 8.73. The van der Waals surface area contributed by atoms with Gasteiger partial charge in [-0.15, -0.1) is 5.10 Å². The molecule has 0 saturated carbocycles. The standard InChI is InChI=1S/C16H13FN6O3/c1-6-12-11(21-15(18)19-6)5-10(20-13(12)24)8-3-2-7(17)4-9(8)14-22-23-16(25)26-14/h2-4,10H,5H2,1H3,(H,20,24)(H,23,25)(H2,18,19,21). The number of rotatable bonds is 2. The number of halogens is 1. The molecule has 3 aromatic rings. The molecule has 1 amide bonds. The van der Waals surface area contributed by atoms with Gasteiger partial charge in [-0.05, 0) is 24.6 Å². The van der Waals surface area contributed by atoms with Crippen LogP contribution < -0.4 is 16.8 Å². The second kappa shape index (κ2) is 5.76. The van der Waals surface area contributed by atoms with Crippen LogP contribution in [-0.4, -0.2) is 26.1 Å². The second-order valence-electron chi connectivity index (χ2n) is 5.87. The van der Waals surface area contributed by atoms with Gasteiger partial charge in [-0.1, -0.05) is 6.07 Å². The lowest BCUT2D eigenvalue weighted by Crippen LogP contribution is -2.37. The number of hydrogen-bond acceptors (Lipinski definition) is 7. The SMILES string of the molecule is Cc1nc(N)nc2c1C(=O)NC(c1ccc(F)cc1-c1n[nH]c(=O)o1)C2. The van der Waals surface area contributed by atoms with Crippen LogP contribution in [0.15, 0.2) is 27.4 Å². The van der Waals surface area contributed by atoms with E-state index in [1.54, 1.807) is 6.92 Å². The third-order valence-electron chi connectivity index (χ3n) is 4.17. The maximum Gasteiger partial charge on any atom is 0.434 e. The van der Waals surface area contributed by atoms with Gasteiger partial charge < -0.3 is 15.5 Å². The summed E-state index contributed by atoms with van der Waals surface area (Å²) in [4.78, 5) is 31.9. The van der Waals surface area contributed by atoms with Crippen LogP contribution in [-0.2, 0) is 6.42 Å². The van der Waals surface area contributed by atoms with E-state index in [4.69, 9.17) is 10.2 Å². The number of aryl methyl sites for hydroxylation is 1. The number of carbonyl (C=O) groups is 1. The normalized spacial score (nSPS) is 16.2. The van der Waals surface area contributed by atoms with E-state index < -0.39 is 17.6 Å². The molecule has 0 saturated heterocycles. The Labute approximate surface area is 145 Å². The van der Waals surface area contributed by atoms with E-state index in [1.165, 1.54) is 18.2 Å². The predicted molar refractivity (Wildman–Crippen MR) is 87.6 cm³/mol. The van der Waals surface area contributed by atoms with Crippen LogP contribution in [0.1, 0.15) is 33.4 Å². The predicted octanol–water partition coefficient (Wildman–Crippen LogP) is 0.877. The van der Waals surface area contributed by atoms with Gasteiger partial charge in [0.25, 0.3) is 5.91 Å². The molecular formula is C16H13FN6O3. The minimum absolute atomic E-state index is 0.0667. The van der Waals surface area contributed by atoms with Crippen molar-refractivity contribution in [3.63, 3.8) is 0 Å². The van der Waals surface area contributed by atoms with Crippen LogP contribution in [0, 0.1) is 12.7 Å². The molecule has 26 heavy (non-hydrogen) atoms. The number of nitrogen functional groups attached to an aromatic ring is 1. The van der Waals surface area contributed by atoms with E-state index in [2.05, 4.69) is 25.5 Å². The minimum atomic E-state index is -0.760. The van der Waals surface area contributed by atoms with Crippen molar-refractivity contribution in [1.82, 2.24) is 25.5 Å². The molecule has 0 fully saturated rings. The quantitative estimate of drug-likeness (QED) is 0.619. The highest BCUT2D eigenvalue weighted by Gasteiger charge is 2.31. The summed E-state index contributed by atoms with van der Waals surface area (Å²) in [6.07, 6.45) is 0.321. The van der Waals surface area contributed by atoms with E-state index in [1.807, 2.05) is 0 Å². The van der Waals surface area contributed by atoms with Crippen molar-refractivity contribution in [2.24, 2.45) is 0 Å². The first-order chi connectivity index (χ1) is 12.4. The summed E-state index contributed by atoms with van der Waals surface area (Å²) in [6, 6.07) is 3.43. The molecule has 4 rings (SSSR count). The van der Waals surface area contributed by atoms with Gasteiger partial charge in [0.2, 0.25) is 11.8 Å². The maximum atomic E-state index is 13.7. The van der Waals surface area contributed by atoms with E-state index in [0.717, 1.165) is 0 Å². The number of nitrogens with two attached hydrogens (primary N) is 1. The highest BCUT2D eigenvalue weighted by atomic mass is 19.1.